The van der Waals surface area contributed by atoms with Crippen molar-refractivity contribution in [2.75, 3.05) is 13.7 Å². The van der Waals surface area contributed by atoms with Gasteiger partial charge in [-0.1, -0.05) is 6.58 Å². The van der Waals surface area contributed by atoms with Gasteiger partial charge in [0.15, 0.2) is 6.10 Å². The van der Waals surface area contributed by atoms with Crippen molar-refractivity contribution >= 4 is 35.0 Å². The second-order valence-corrected chi connectivity index (χ2v) is 3.49. The number of rotatable bonds is 8. The van der Waals surface area contributed by atoms with Crippen LogP contribution in [-0.2, 0) is 19.1 Å². The summed E-state index contributed by atoms with van der Waals surface area (Å²) in [5, 5.41) is 45.9. The van der Waals surface area contributed by atoms with E-state index in [1.807, 2.05) is 0 Å². The fraction of sp³-hybridized carbons (Fsp3) is 0.600. The Bertz CT molecular complexity index is 357. The van der Waals surface area contributed by atoms with E-state index in [1.165, 1.54) is 0 Å². The number of hydrogen-bond donors (Lipinski definition) is 5. The molecule has 0 bridgehead atoms. The molecule has 4 atom stereocenters. The van der Waals surface area contributed by atoms with Gasteiger partial charge in [0, 0.05) is 13.2 Å². The topological polar surface area (TPSA) is 154 Å². The molecule has 4 unspecified atom stereocenters. The van der Waals surface area contributed by atoms with Crippen molar-refractivity contribution in [3.8, 4) is 0 Å². The molecule has 0 aromatic heterocycles. The Hall–Kier alpha value is -0.754. The van der Waals surface area contributed by atoms with Crippen LogP contribution in [0.5, 0.6) is 0 Å². The second kappa shape index (κ2) is 9.23. The number of carbonyl (C=O) groups is 2. The molecular weight excluding hydrogens is 288 g/mol. The Balaban J connectivity index is -0.000000540. The van der Waals surface area contributed by atoms with Crippen LogP contribution in [-0.4, -0.2) is 98.3 Å². The van der Waals surface area contributed by atoms with Crippen LogP contribution in [0.4, 0.5) is 0 Å². The van der Waals surface area contributed by atoms with Gasteiger partial charge in [-0.3, -0.25) is 0 Å². The molecule has 0 aromatic rings. The average molecular weight is 307 g/mol. The minimum Gasteiger partial charge on any atom is -1.00 e. The molecule has 0 aromatic carbocycles. The van der Waals surface area contributed by atoms with Gasteiger partial charge in [-0.15, -0.1) is 0 Å². The van der Waals surface area contributed by atoms with Gasteiger partial charge < -0.3 is 37.9 Å². The summed E-state index contributed by atoms with van der Waals surface area (Å²) in [6, 6.07) is 0. The number of esters is 1. The Morgan fingerprint density at radius 1 is 1.40 bits per heavy atom. The van der Waals surface area contributed by atoms with Crippen LogP contribution < -0.4 is 0 Å². The summed E-state index contributed by atoms with van der Waals surface area (Å²) in [4.78, 5) is 22.2. The maximum Gasteiger partial charge on any atom is 2.00 e. The summed E-state index contributed by atoms with van der Waals surface area (Å²) in [6.07, 6.45) is -5.70. The number of ether oxygens (including phenoxy) is 2. The van der Waals surface area contributed by atoms with Crippen molar-refractivity contribution in [3.63, 3.8) is 0 Å². The molecule has 0 rings (SSSR count). The number of carboxylic acids is 1. The summed E-state index contributed by atoms with van der Waals surface area (Å²) in [5.74, 6) is -6.09. The van der Waals surface area contributed by atoms with E-state index in [9.17, 15) is 19.8 Å². The smallest absolute Gasteiger partial charge is 1.00 e. The number of carboxylic acid groups (broad SMARTS) is 1. The van der Waals surface area contributed by atoms with E-state index >= 15 is 0 Å². The maximum absolute atomic E-state index is 11.1. The van der Waals surface area contributed by atoms with Crippen molar-refractivity contribution in [1.82, 2.24) is 0 Å². The molecule has 0 saturated carbocycles. The molecule has 0 aliphatic heterocycles. The Morgan fingerprint density at radius 3 is 2.20 bits per heavy atom. The van der Waals surface area contributed by atoms with Crippen LogP contribution in [0.1, 0.15) is 2.85 Å². The van der Waals surface area contributed by atoms with Crippen LogP contribution in [0.2, 0.25) is 0 Å². The fourth-order valence-electron chi connectivity index (χ4n) is 1.21. The van der Waals surface area contributed by atoms with Gasteiger partial charge in [-0.05, 0) is 0 Å². The van der Waals surface area contributed by atoms with Crippen LogP contribution in [0.15, 0.2) is 12.7 Å². The molecule has 0 aliphatic rings. The predicted octanol–water partition coefficient (Wildman–Crippen LogP) is -2.94. The first-order valence-corrected chi connectivity index (χ1v) is 5.05. The minimum absolute atomic E-state index is 0. The van der Waals surface area contributed by atoms with E-state index < -0.39 is 42.6 Å². The van der Waals surface area contributed by atoms with Crippen molar-refractivity contribution < 1.29 is 47.4 Å². The molecule has 20 heavy (non-hydrogen) atoms. The van der Waals surface area contributed by atoms with Crippen molar-refractivity contribution in [3.05, 3.63) is 12.7 Å². The van der Waals surface area contributed by atoms with Crippen molar-refractivity contribution in [1.29, 1.82) is 0 Å². The first-order valence-electron chi connectivity index (χ1n) is 5.05. The zero-order valence-corrected chi connectivity index (χ0v) is 12.2. The monoisotopic (exact) mass is 306 g/mol. The molecule has 0 amide bonds. The van der Waals surface area contributed by atoms with E-state index in [1.54, 1.807) is 0 Å². The summed E-state index contributed by atoms with van der Waals surface area (Å²) in [6.45, 7) is 2.09. The summed E-state index contributed by atoms with van der Waals surface area (Å²) in [7, 11) is 0.811. The van der Waals surface area contributed by atoms with Crippen LogP contribution in [0.3, 0.4) is 0 Å². The SMILES string of the molecule is C=CC(=O)OC(OC)(C(=O)O)C(O)C(O)C(O)CO.[H-].[H-].[Mg+2]. The molecule has 114 valence electrons. The fourth-order valence-corrected chi connectivity index (χ4v) is 1.21. The van der Waals surface area contributed by atoms with E-state index in [4.69, 9.17) is 15.3 Å². The standard InChI is InChI=1S/C10H16O9.Mg.2H/c1-3-6(13)19-10(18-2,9(16)17)8(15)7(14)5(12)4-11;;;/h3,5,7-8,11-12,14-15H,1,4H2,2H3,(H,16,17);;;/q;+2;2*-1. The molecule has 0 heterocycles. The zero-order chi connectivity index (χ0) is 15.2. The minimum atomic E-state index is -2.94. The molecule has 0 saturated heterocycles. The van der Waals surface area contributed by atoms with E-state index in [-0.39, 0.29) is 25.9 Å². The number of carbonyl (C=O) groups excluding carboxylic acids is 1. The number of aliphatic carboxylic acids is 1. The third-order valence-corrected chi connectivity index (χ3v) is 2.31. The Kier molecular flexibility index (Phi) is 9.94. The van der Waals surface area contributed by atoms with E-state index in [2.05, 4.69) is 16.1 Å². The molecule has 0 fully saturated rings. The third kappa shape index (κ3) is 4.66. The molecule has 10 heteroatoms. The number of aliphatic hydroxyl groups is 4. The van der Waals surface area contributed by atoms with E-state index in [0.29, 0.717) is 6.08 Å². The number of methoxy groups -OCH3 is 1. The largest absolute Gasteiger partial charge is 2.00 e. The second-order valence-electron chi connectivity index (χ2n) is 3.49. The summed E-state index contributed by atoms with van der Waals surface area (Å²) in [5.41, 5.74) is 0. The Labute approximate surface area is 133 Å². The van der Waals surface area contributed by atoms with Crippen molar-refractivity contribution in [2.24, 2.45) is 0 Å². The van der Waals surface area contributed by atoms with Gasteiger partial charge in [0.05, 0.1) is 6.61 Å². The molecule has 5 N–H and O–H groups in total. The first-order chi connectivity index (χ1) is 8.76. The van der Waals surface area contributed by atoms with Gasteiger partial charge in [0.25, 0.3) is 0 Å². The van der Waals surface area contributed by atoms with Gasteiger partial charge >= 0.3 is 40.8 Å². The Morgan fingerprint density at radius 2 is 1.90 bits per heavy atom. The van der Waals surface area contributed by atoms with Gasteiger partial charge in [-0.25, -0.2) is 9.59 Å². The third-order valence-electron chi connectivity index (χ3n) is 2.31. The molecule has 0 radical (unpaired) electrons. The van der Waals surface area contributed by atoms with Gasteiger partial charge in [-0.2, -0.15) is 0 Å². The molecular formula is C10H18MgO9. The molecule has 0 aliphatic carbocycles. The van der Waals surface area contributed by atoms with Crippen LogP contribution >= 0.6 is 0 Å². The number of hydrogen-bond acceptors (Lipinski definition) is 8. The zero-order valence-electron chi connectivity index (χ0n) is 12.8. The maximum atomic E-state index is 11.1. The quantitative estimate of drug-likeness (QED) is 0.137. The molecule has 0 spiro atoms. The van der Waals surface area contributed by atoms with E-state index in [0.717, 1.165) is 7.11 Å². The normalized spacial score (nSPS) is 17.9. The molecule has 9 nitrogen and oxygen atoms in total. The van der Waals surface area contributed by atoms with Crippen molar-refractivity contribution in [2.45, 2.75) is 24.1 Å². The van der Waals surface area contributed by atoms with Crippen LogP contribution in [0, 0.1) is 0 Å². The van der Waals surface area contributed by atoms with Gasteiger partial charge in [0.1, 0.15) is 12.2 Å². The number of aliphatic hydroxyl groups excluding tert-OH is 4. The summed E-state index contributed by atoms with van der Waals surface area (Å²) < 4.78 is 8.85. The summed E-state index contributed by atoms with van der Waals surface area (Å²) >= 11 is 0. The van der Waals surface area contributed by atoms with Crippen LogP contribution in [0.25, 0.3) is 0 Å². The van der Waals surface area contributed by atoms with Gasteiger partial charge in [0.2, 0.25) is 0 Å². The average Bonchev–Trinajstić information content (AvgIpc) is 2.41. The predicted molar refractivity (Wildman–Crippen MR) is 66.7 cm³/mol. The first kappa shape index (κ1) is 21.5.